The summed E-state index contributed by atoms with van der Waals surface area (Å²) < 4.78 is 14.3. The predicted octanol–water partition coefficient (Wildman–Crippen LogP) is 4.17. The molecule has 0 unspecified atom stereocenters. The minimum absolute atomic E-state index is 0.185. The zero-order valence-corrected chi connectivity index (χ0v) is 11.4. The van der Waals surface area contributed by atoms with Crippen molar-refractivity contribution < 1.29 is 9.31 Å². The molecule has 0 aliphatic carbocycles. The van der Waals surface area contributed by atoms with Crippen molar-refractivity contribution in [2.45, 2.75) is 6.54 Å². The van der Waals surface area contributed by atoms with E-state index in [0.717, 1.165) is 14.7 Å². The average molecular weight is 331 g/mol. The number of anilines is 1. The van der Waals surface area contributed by atoms with Crippen LogP contribution in [0.4, 0.5) is 15.8 Å². The van der Waals surface area contributed by atoms with E-state index in [4.69, 9.17) is 0 Å². The summed E-state index contributed by atoms with van der Waals surface area (Å²) in [7, 11) is 0. The molecule has 0 bridgehead atoms. The van der Waals surface area contributed by atoms with Crippen LogP contribution < -0.4 is 5.32 Å². The first-order valence-electron chi connectivity index (χ1n) is 4.99. The lowest BCUT2D eigenvalue weighted by Gasteiger charge is -2.05. The van der Waals surface area contributed by atoms with Gasteiger partial charge in [0.05, 0.1) is 8.71 Å². The summed E-state index contributed by atoms with van der Waals surface area (Å²) in [5, 5.41) is 13.7. The second-order valence-corrected chi connectivity index (χ2v) is 6.00. The lowest BCUT2D eigenvalue weighted by molar-refractivity contribution is -0.386. The molecule has 0 amide bonds. The summed E-state index contributed by atoms with van der Waals surface area (Å²) in [5.74, 6) is -0.836. The van der Waals surface area contributed by atoms with Gasteiger partial charge in [-0.05, 0) is 40.2 Å². The van der Waals surface area contributed by atoms with Crippen LogP contribution in [0.25, 0.3) is 0 Å². The van der Waals surface area contributed by atoms with E-state index in [1.165, 1.54) is 23.5 Å². The Hall–Kier alpha value is -1.47. The third kappa shape index (κ3) is 2.85. The maximum atomic E-state index is 13.3. The highest BCUT2D eigenvalue weighted by molar-refractivity contribution is 9.11. The van der Waals surface area contributed by atoms with E-state index in [1.807, 2.05) is 12.1 Å². The van der Waals surface area contributed by atoms with Crippen LogP contribution >= 0.6 is 27.3 Å². The van der Waals surface area contributed by atoms with Gasteiger partial charge in [0.1, 0.15) is 5.69 Å². The summed E-state index contributed by atoms with van der Waals surface area (Å²) >= 11 is 4.85. The number of benzene rings is 1. The predicted molar refractivity (Wildman–Crippen MR) is 72.4 cm³/mol. The van der Waals surface area contributed by atoms with Crippen LogP contribution in [-0.2, 0) is 6.54 Å². The Bertz CT molecular complexity index is 588. The van der Waals surface area contributed by atoms with Gasteiger partial charge in [0.15, 0.2) is 0 Å². The van der Waals surface area contributed by atoms with E-state index in [2.05, 4.69) is 21.2 Å². The van der Waals surface area contributed by atoms with Gasteiger partial charge in [0.2, 0.25) is 5.82 Å². The molecule has 0 atom stereocenters. The van der Waals surface area contributed by atoms with Gasteiger partial charge in [-0.25, -0.2) is 0 Å². The summed E-state index contributed by atoms with van der Waals surface area (Å²) in [6, 6.07) is 7.79. The Balaban J connectivity index is 2.19. The molecule has 2 rings (SSSR count). The van der Waals surface area contributed by atoms with E-state index in [-0.39, 0.29) is 5.69 Å². The molecule has 1 aromatic carbocycles. The zero-order valence-electron chi connectivity index (χ0n) is 9.02. The van der Waals surface area contributed by atoms with E-state index < -0.39 is 16.4 Å². The van der Waals surface area contributed by atoms with Crippen molar-refractivity contribution in [2.24, 2.45) is 0 Å². The molecule has 4 nitrogen and oxygen atoms in total. The highest BCUT2D eigenvalue weighted by atomic mass is 79.9. The number of rotatable bonds is 4. The summed E-state index contributed by atoms with van der Waals surface area (Å²) in [6.07, 6.45) is 0. The lowest BCUT2D eigenvalue weighted by atomic mass is 10.2. The van der Waals surface area contributed by atoms with Gasteiger partial charge in [-0.2, -0.15) is 4.39 Å². The molecule has 0 spiro atoms. The number of hydrogen-bond acceptors (Lipinski definition) is 4. The minimum Gasteiger partial charge on any atom is -0.375 e. The van der Waals surface area contributed by atoms with Gasteiger partial charge in [0, 0.05) is 11.4 Å². The molecule has 0 saturated carbocycles. The van der Waals surface area contributed by atoms with E-state index >= 15 is 0 Å². The zero-order chi connectivity index (χ0) is 13.1. The Kier molecular flexibility index (Phi) is 3.93. The molecule has 0 aliphatic rings. The van der Waals surface area contributed by atoms with Crippen molar-refractivity contribution in [3.63, 3.8) is 0 Å². The first-order valence-corrected chi connectivity index (χ1v) is 6.60. The molecule has 1 aromatic heterocycles. The number of nitrogens with one attached hydrogen (secondary N) is 1. The molecule has 1 N–H and O–H groups in total. The number of thiophene rings is 1. The van der Waals surface area contributed by atoms with Gasteiger partial charge in [-0.3, -0.25) is 10.1 Å². The quantitative estimate of drug-likeness (QED) is 0.676. The third-order valence-electron chi connectivity index (χ3n) is 2.25. The van der Waals surface area contributed by atoms with Crippen LogP contribution in [0, 0.1) is 15.9 Å². The van der Waals surface area contributed by atoms with Gasteiger partial charge in [-0.15, -0.1) is 11.3 Å². The SMILES string of the molecule is O=[N+]([O-])c1c(F)cccc1NCc1ccc(Br)s1. The summed E-state index contributed by atoms with van der Waals surface area (Å²) in [5.41, 5.74) is -0.336. The topological polar surface area (TPSA) is 55.2 Å². The highest BCUT2D eigenvalue weighted by Crippen LogP contribution is 2.29. The highest BCUT2D eigenvalue weighted by Gasteiger charge is 2.19. The van der Waals surface area contributed by atoms with Crippen molar-refractivity contribution in [3.8, 4) is 0 Å². The van der Waals surface area contributed by atoms with Crippen molar-refractivity contribution in [3.05, 3.63) is 54.9 Å². The maximum absolute atomic E-state index is 13.3. The molecule has 0 fully saturated rings. The molecular weight excluding hydrogens is 323 g/mol. The molecule has 2 aromatic rings. The Morgan fingerprint density at radius 2 is 2.17 bits per heavy atom. The van der Waals surface area contributed by atoms with Crippen LogP contribution in [0.3, 0.4) is 0 Å². The van der Waals surface area contributed by atoms with Crippen LogP contribution in [0.5, 0.6) is 0 Å². The lowest BCUT2D eigenvalue weighted by Crippen LogP contribution is -2.03. The number of nitro groups is 1. The van der Waals surface area contributed by atoms with Crippen molar-refractivity contribution >= 4 is 38.6 Å². The molecule has 18 heavy (non-hydrogen) atoms. The van der Waals surface area contributed by atoms with Gasteiger partial charge >= 0.3 is 5.69 Å². The summed E-state index contributed by atoms with van der Waals surface area (Å²) in [6.45, 7) is 0.417. The fourth-order valence-electron chi connectivity index (χ4n) is 1.47. The Morgan fingerprint density at radius 1 is 1.39 bits per heavy atom. The molecule has 0 radical (unpaired) electrons. The van der Waals surface area contributed by atoms with Gasteiger partial charge < -0.3 is 5.32 Å². The molecule has 0 aliphatic heterocycles. The maximum Gasteiger partial charge on any atom is 0.327 e. The monoisotopic (exact) mass is 330 g/mol. The van der Waals surface area contributed by atoms with Crippen LogP contribution in [0.15, 0.2) is 34.1 Å². The van der Waals surface area contributed by atoms with Gasteiger partial charge in [-0.1, -0.05) is 6.07 Å². The van der Waals surface area contributed by atoms with Crippen LogP contribution in [0.2, 0.25) is 0 Å². The molecule has 94 valence electrons. The minimum atomic E-state index is -0.836. The number of para-hydroxylation sites is 1. The standard InChI is InChI=1S/C11H8BrFN2O2S/c12-10-5-4-7(18-10)6-14-9-3-1-2-8(13)11(9)15(16)17/h1-5,14H,6H2. The van der Waals surface area contributed by atoms with Crippen LogP contribution in [0.1, 0.15) is 4.88 Å². The van der Waals surface area contributed by atoms with E-state index in [9.17, 15) is 14.5 Å². The fourth-order valence-corrected chi connectivity index (χ4v) is 2.90. The normalized spacial score (nSPS) is 10.3. The van der Waals surface area contributed by atoms with E-state index in [1.54, 1.807) is 0 Å². The first-order chi connectivity index (χ1) is 8.58. The average Bonchev–Trinajstić information content (AvgIpc) is 2.72. The largest absolute Gasteiger partial charge is 0.375 e. The van der Waals surface area contributed by atoms with Crippen molar-refractivity contribution in [2.75, 3.05) is 5.32 Å². The second kappa shape index (κ2) is 5.45. The molecular formula is C11H8BrFN2O2S. The number of nitro benzene ring substituents is 1. The first kappa shape index (κ1) is 13.0. The fraction of sp³-hybridized carbons (Fsp3) is 0.0909. The Labute approximate surface area is 115 Å². The van der Waals surface area contributed by atoms with Crippen molar-refractivity contribution in [1.29, 1.82) is 0 Å². The molecule has 0 saturated heterocycles. The smallest absolute Gasteiger partial charge is 0.327 e. The Morgan fingerprint density at radius 3 is 2.78 bits per heavy atom. The molecule has 1 heterocycles. The van der Waals surface area contributed by atoms with Crippen LogP contribution in [-0.4, -0.2) is 4.92 Å². The number of hydrogen-bond donors (Lipinski definition) is 1. The van der Waals surface area contributed by atoms with Gasteiger partial charge in [0.25, 0.3) is 0 Å². The molecule has 7 heteroatoms. The third-order valence-corrected chi connectivity index (χ3v) is 3.87. The second-order valence-electron chi connectivity index (χ2n) is 3.45. The number of halogens is 2. The van der Waals surface area contributed by atoms with Crippen molar-refractivity contribution in [1.82, 2.24) is 0 Å². The summed E-state index contributed by atoms with van der Waals surface area (Å²) in [4.78, 5) is 11.1. The number of nitrogens with zero attached hydrogens (tertiary/aromatic N) is 1. The van der Waals surface area contributed by atoms with E-state index in [0.29, 0.717) is 6.54 Å².